The zero-order valence-corrected chi connectivity index (χ0v) is 18.4. The Hall–Kier alpha value is -2.91. The van der Waals surface area contributed by atoms with Crippen LogP contribution in [0.15, 0.2) is 24.4 Å². The van der Waals surface area contributed by atoms with Gasteiger partial charge in [-0.25, -0.2) is 4.79 Å². The fourth-order valence-corrected chi connectivity index (χ4v) is 4.78. The third-order valence-electron chi connectivity index (χ3n) is 6.30. The van der Waals surface area contributed by atoms with Crippen LogP contribution >= 0.6 is 0 Å². The standard InChI is InChI=1S/C19H25N3O.C4H6O5/c1-3-7-20-19(23)13-8-15-14-5-4-6-16-18(14)12(10-21-16)9-17(15)22(2)11-13;5-2(4(8)9)1-3(6)7/h4-6,10,13,15,17,21H,3,7-9,11H2,1-2H3,(H,20,23);2,5H,1H2,(H,6,7)(H,8,9)/t13?,15?,17-;/m1./s1. The predicted molar refractivity (Wildman–Crippen MR) is 118 cm³/mol. The van der Waals surface area contributed by atoms with Gasteiger partial charge in [-0.2, -0.15) is 0 Å². The van der Waals surface area contributed by atoms with Crippen LogP contribution in [0.3, 0.4) is 0 Å². The van der Waals surface area contributed by atoms with Crippen molar-refractivity contribution in [2.45, 2.75) is 50.7 Å². The lowest BCUT2D eigenvalue weighted by atomic mass is 9.72. The topological polar surface area (TPSA) is 143 Å². The van der Waals surface area contributed by atoms with Gasteiger partial charge in [0.15, 0.2) is 6.10 Å². The summed E-state index contributed by atoms with van der Waals surface area (Å²) >= 11 is 0. The van der Waals surface area contributed by atoms with Gasteiger partial charge < -0.3 is 30.5 Å². The number of aromatic nitrogens is 1. The van der Waals surface area contributed by atoms with Crippen molar-refractivity contribution in [2.24, 2.45) is 5.92 Å². The number of aliphatic carboxylic acids is 2. The minimum atomic E-state index is -1.79. The van der Waals surface area contributed by atoms with Crippen molar-refractivity contribution in [3.8, 4) is 0 Å². The van der Waals surface area contributed by atoms with E-state index in [1.165, 1.54) is 22.0 Å². The Labute approximate surface area is 186 Å². The smallest absolute Gasteiger partial charge is 0.333 e. The minimum absolute atomic E-state index is 0.101. The Bertz CT molecular complexity index is 987. The molecule has 5 N–H and O–H groups in total. The molecule has 1 saturated heterocycles. The lowest BCUT2D eigenvalue weighted by Crippen LogP contribution is -2.51. The fourth-order valence-electron chi connectivity index (χ4n) is 4.78. The average molecular weight is 446 g/mol. The number of likely N-dealkylation sites (N-methyl/N-ethyl adjacent to an activating group) is 1. The summed E-state index contributed by atoms with van der Waals surface area (Å²) in [7, 11) is 2.18. The van der Waals surface area contributed by atoms with Crippen LogP contribution in [-0.4, -0.2) is 75.3 Å². The first-order chi connectivity index (χ1) is 15.2. The highest BCUT2D eigenvalue weighted by atomic mass is 16.4. The molecule has 4 atom stereocenters. The Balaban J connectivity index is 0.000000275. The van der Waals surface area contributed by atoms with Crippen molar-refractivity contribution in [3.05, 3.63) is 35.5 Å². The van der Waals surface area contributed by atoms with Crippen LogP contribution in [0.2, 0.25) is 0 Å². The van der Waals surface area contributed by atoms with Gasteiger partial charge in [0.2, 0.25) is 5.91 Å². The number of hydrogen-bond donors (Lipinski definition) is 5. The first-order valence-electron chi connectivity index (χ1n) is 10.9. The number of aromatic amines is 1. The van der Waals surface area contributed by atoms with Crippen LogP contribution < -0.4 is 5.32 Å². The van der Waals surface area contributed by atoms with Crippen molar-refractivity contribution in [1.82, 2.24) is 15.2 Å². The first kappa shape index (κ1) is 23.7. The van der Waals surface area contributed by atoms with Gasteiger partial charge in [-0.15, -0.1) is 0 Å². The number of carbonyl (C=O) groups is 3. The van der Waals surface area contributed by atoms with Gasteiger partial charge in [0.1, 0.15) is 0 Å². The minimum Gasteiger partial charge on any atom is -0.481 e. The van der Waals surface area contributed by atoms with E-state index < -0.39 is 24.5 Å². The molecule has 1 aromatic carbocycles. The van der Waals surface area contributed by atoms with E-state index in [4.69, 9.17) is 15.3 Å². The highest BCUT2D eigenvalue weighted by molar-refractivity contribution is 5.88. The summed E-state index contributed by atoms with van der Waals surface area (Å²) in [6, 6.07) is 7.07. The van der Waals surface area contributed by atoms with Crippen LogP contribution in [0.5, 0.6) is 0 Å². The number of carboxylic acid groups (broad SMARTS) is 2. The monoisotopic (exact) mass is 445 g/mol. The average Bonchev–Trinajstić information content (AvgIpc) is 3.17. The van der Waals surface area contributed by atoms with Gasteiger partial charge in [0.25, 0.3) is 0 Å². The summed E-state index contributed by atoms with van der Waals surface area (Å²) in [6.45, 7) is 3.75. The van der Waals surface area contributed by atoms with Crippen LogP contribution in [0.25, 0.3) is 10.9 Å². The number of nitrogens with zero attached hydrogens (tertiary/aromatic N) is 1. The van der Waals surface area contributed by atoms with E-state index in [1.807, 2.05) is 0 Å². The molecule has 3 unspecified atom stereocenters. The molecule has 9 nitrogen and oxygen atoms in total. The quantitative estimate of drug-likeness (QED) is 0.454. The number of amides is 1. The maximum atomic E-state index is 12.5. The Kier molecular flexibility index (Phi) is 7.52. The summed E-state index contributed by atoms with van der Waals surface area (Å²) in [5.41, 5.74) is 4.09. The Morgan fingerprint density at radius 3 is 2.66 bits per heavy atom. The van der Waals surface area contributed by atoms with E-state index in [1.54, 1.807) is 0 Å². The second-order valence-corrected chi connectivity index (χ2v) is 8.58. The number of fused-ring (bicyclic) bond motifs is 2. The molecular formula is C23H31N3O6. The molecule has 2 aromatic rings. The van der Waals surface area contributed by atoms with Crippen molar-refractivity contribution >= 4 is 28.7 Å². The first-order valence-corrected chi connectivity index (χ1v) is 10.9. The van der Waals surface area contributed by atoms with Crippen LogP contribution in [-0.2, 0) is 20.8 Å². The van der Waals surface area contributed by atoms with Crippen molar-refractivity contribution < 1.29 is 29.7 Å². The molecule has 4 rings (SSSR count). The molecule has 1 fully saturated rings. The number of benzene rings is 1. The van der Waals surface area contributed by atoms with Gasteiger partial charge >= 0.3 is 11.9 Å². The molecule has 1 aromatic heterocycles. The van der Waals surface area contributed by atoms with Gasteiger partial charge in [-0.05, 0) is 43.5 Å². The number of aliphatic hydroxyl groups excluding tert-OH is 1. The molecule has 0 bridgehead atoms. The lowest BCUT2D eigenvalue weighted by Gasteiger charge is -2.45. The Morgan fingerprint density at radius 2 is 2.03 bits per heavy atom. The molecular weight excluding hydrogens is 414 g/mol. The highest BCUT2D eigenvalue weighted by Crippen LogP contribution is 2.44. The van der Waals surface area contributed by atoms with Crippen molar-refractivity contribution in [3.63, 3.8) is 0 Å². The molecule has 2 heterocycles. The predicted octanol–water partition coefficient (Wildman–Crippen LogP) is 1.56. The molecule has 1 amide bonds. The summed E-state index contributed by atoms with van der Waals surface area (Å²) in [4.78, 5) is 37.7. The maximum absolute atomic E-state index is 12.5. The largest absolute Gasteiger partial charge is 0.481 e. The van der Waals surface area contributed by atoms with E-state index in [2.05, 4.69) is 53.6 Å². The molecule has 0 radical (unpaired) electrons. The summed E-state index contributed by atoms with van der Waals surface area (Å²) in [6.07, 6.45) is 2.66. The van der Waals surface area contributed by atoms with E-state index in [0.29, 0.717) is 12.0 Å². The molecule has 0 spiro atoms. The van der Waals surface area contributed by atoms with Gasteiger partial charge in [-0.3, -0.25) is 9.59 Å². The maximum Gasteiger partial charge on any atom is 0.333 e. The zero-order chi connectivity index (χ0) is 23.4. The van der Waals surface area contributed by atoms with Crippen LogP contribution in [0.4, 0.5) is 0 Å². The third-order valence-corrected chi connectivity index (χ3v) is 6.30. The number of likely N-dealkylation sites (tertiary alicyclic amines) is 1. The normalized spacial score (nSPS) is 22.9. The number of nitrogens with one attached hydrogen (secondary N) is 2. The number of carboxylic acids is 2. The summed E-state index contributed by atoms with van der Waals surface area (Å²) in [5.74, 6) is -2.06. The summed E-state index contributed by atoms with van der Waals surface area (Å²) in [5, 5.41) is 28.6. The van der Waals surface area contributed by atoms with E-state index in [0.717, 1.165) is 32.4 Å². The summed E-state index contributed by atoms with van der Waals surface area (Å²) < 4.78 is 0. The zero-order valence-electron chi connectivity index (χ0n) is 18.4. The number of aliphatic hydroxyl groups is 1. The van der Waals surface area contributed by atoms with E-state index >= 15 is 0 Å². The second kappa shape index (κ2) is 10.1. The van der Waals surface area contributed by atoms with Gasteiger partial charge in [-0.1, -0.05) is 19.1 Å². The lowest BCUT2D eigenvalue weighted by molar-refractivity contribution is -0.152. The molecule has 174 valence electrons. The van der Waals surface area contributed by atoms with Crippen LogP contribution in [0.1, 0.15) is 43.2 Å². The van der Waals surface area contributed by atoms with E-state index in [-0.39, 0.29) is 11.8 Å². The second-order valence-electron chi connectivity index (χ2n) is 8.58. The molecule has 1 aliphatic carbocycles. The molecule has 32 heavy (non-hydrogen) atoms. The molecule has 2 aliphatic rings. The molecule has 1 aliphatic heterocycles. The number of carbonyl (C=O) groups excluding carboxylic acids is 1. The third kappa shape index (κ3) is 5.11. The number of rotatable bonds is 6. The molecule has 0 saturated carbocycles. The molecule has 9 heteroatoms. The fraction of sp³-hybridized carbons (Fsp3) is 0.522. The van der Waals surface area contributed by atoms with Gasteiger partial charge in [0, 0.05) is 42.1 Å². The Morgan fingerprint density at radius 1 is 1.28 bits per heavy atom. The number of hydrogen-bond acceptors (Lipinski definition) is 5. The number of piperidine rings is 1. The van der Waals surface area contributed by atoms with E-state index in [9.17, 15) is 14.4 Å². The highest BCUT2D eigenvalue weighted by Gasteiger charge is 2.41. The SMILES string of the molecule is CCCNC(=O)C1CC2c3cccc4[nH]cc(c34)C[C@H]2N(C)C1.O=C(O)CC(O)C(=O)O. The van der Waals surface area contributed by atoms with Crippen LogP contribution in [0, 0.1) is 5.92 Å². The van der Waals surface area contributed by atoms with Crippen molar-refractivity contribution in [1.29, 1.82) is 0 Å². The van der Waals surface area contributed by atoms with Crippen molar-refractivity contribution in [2.75, 3.05) is 20.1 Å². The van der Waals surface area contributed by atoms with Gasteiger partial charge in [0.05, 0.1) is 12.3 Å². The number of H-pyrrole nitrogens is 1.